The fourth-order valence-corrected chi connectivity index (χ4v) is 2.22. The summed E-state index contributed by atoms with van der Waals surface area (Å²) in [6.07, 6.45) is 1.61. The average molecular weight is 269 g/mol. The zero-order valence-corrected chi connectivity index (χ0v) is 12.2. The van der Waals surface area contributed by atoms with Crippen molar-refractivity contribution in [3.63, 3.8) is 0 Å². The van der Waals surface area contributed by atoms with Crippen molar-refractivity contribution < 1.29 is 19.1 Å². The summed E-state index contributed by atoms with van der Waals surface area (Å²) in [5.41, 5.74) is -0.534. The molecule has 5 heteroatoms. The Balaban J connectivity index is 2.56. The maximum Gasteiger partial charge on any atom is 0.307 e. The highest BCUT2D eigenvalue weighted by molar-refractivity contribution is 5.88. The number of rotatable bonds is 4. The number of ketones is 1. The van der Waals surface area contributed by atoms with Gasteiger partial charge in [0.2, 0.25) is 5.91 Å². The normalized spacial score (nSPS) is 20.3. The summed E-state index contributed by atoms with van der Waals surface area (Å²) in [6, 6.07) is 0. The summed E-state index contributed by atoms with van der Waals surface area (Å²) in [6.45, 7) is 7.61. The van der Waals surface area contributed by atoms with Gasteiger partial charge in [0.1, 0.15) is 11.4 Å². The summed E-state index contributed by atoms with van der Waals surface area (Å²) in [7, 11) is 0. The molecule has 0 N–H and O–H groups in total. The number of hydrogen-bond donors (Lipinski definition) is 0. The Bertz CT molecular complexity index is 370. The van der Waals surface area contributed by atoms with E-state index >= 15 is 0 Å². The van der Waals surface area contributed by atoms with Crippen LogP contribution in [0.5, 0.6) is 0 Å². The SMILES string of the molecule is CC(=O)CN1CCC[C@H](CC(=O)OC(C)(C)C)C1=O. The van der Waals surface area contributed by atoms with Gasteiger partial charge in [0.15, 0.2) is 0 Å². The lowest BCUT2D eigenvalue weighted by Crippen LogP contribution is -2.44. The molecule has 5 nitrogen and oxygen atoms in total. The molecular formula is C14H23NO4. The minimum Gasteiger partial charge on any atom is -0.460 e. The van der Waals surface area contributed by atoms with Gasteiger partial charge in [0, 0.05) is 12.5 Å². The molecule has 1 saturated heterocycles. The lowest BCUT2D eigenvalue weighted by molar-refractivity contribution is -0.159. The Kier molecular flexibility index (Phi) is 5.09. The minimum absolute atomic E-state index is 0.0359. The van der Waals surface area contributed by atoms with Crippen molar-refractivity contribution in [1.82, 2.24) is 4.90 Å². The Hall–Kier alpha value is -1.39. The van der Waals surface area contributed by atoms with E-state index in [-0.39, 0.29) is 36.5 Å². The van der Waals surface area contributed by atoms with Crippen LogP contribution in [-0.4, -0.2) is 41.3 Å². The van der Waals surface area contributed by atoms with E-state index < -0.39 is 5.60 Å². The van der Waals surface area contributed by atoms with E-state index in [9.17, 15) is 14.4 Å². The number of esters is 1. The minimum atomic E-state index is -0.534. The molecule has 0 unspecified atom stereocenters. The maximum absolute atomic E-state index is 12.1. The first kappa shape index (κ1) is 15.7. The van der Waals surface area contributed by atoms with Crippen LogP contribution in [0.1, 0.15) is 47.0 Å². The molecule has 0 aromatic heterocycles. The number of hydrogen-bond acceptors (Lipinski definition) is 4. The van der Waals surface area contributed by atoms with Gasteiger partial charge < -0.3 is 9.64 Å². The molecule has 1 aliphatic heterocycles. The van der Waals surface area contributed by atoms with E-state index in [0.29, 0.717) is 13.0 Å². The van der Waals surface area contributed by atoms with Crippen LogP contribution < -0.4 is 0 Å². The molecule has 0 aromatic carbocycles. The van der Waals surface area contributed by atoms with E-state index in [1.165, 1.54) is 6.92 Å². The van der Waals surface area contributed by atoms with Gasteiger partial charge in [0.05, 0.1) is 13.0 Å². The van der Waals surface area contributed by atoms with E-state index in [1.807, 2.05) is 0 Å². The number of piperidine rings is 1. The lowest BCUT2D eigenvalue weighted by atomic mass is 9.93. The van der Waals surface area contributed by atoms with Crippen LogP contribution in [0.4, 0.5) is 0 Å². The second kappa shape index (κ2) is 6.17. The van der Waals surface area contributed by atoms with Crippen molar-refractivity contribution >= 4 is 17.7 Å². The van der Waals surface area contributed by atoms with Crippen molar-refractivity contribution in [1.29, 1.82) is 0 Å². The number of likely N-dealkylation sites (tertiary alicyclic amines) is 1. The van der Waals surface area contributed by atoms with Crippen LogP contribution in [0.25, 0.3) is 0 Å². The van der Waals surface area contributed by atoms with Crippen molar-refractivity contribution in [2.45, 2.75) is 52.6 Å². The molecule has 0 aromatic rings. The third-order valence-corrected chi connectivity index (χ3v) is 2.89. The molecule has 0 radical (unpaired) electrons. The average Bonchev–Trinajstić information content (AvgIpc) is 2.20. The standard InChI is InChI=1S/C14H23NO4/c1-10(16)9-15-7-5-6-11(13(15)18)8-12(17)19-14(2,3)4/h11H,5-9H2,1-4H3/t11-/m1/s1. The monoisotopic (exact) mass is 269 g/mol. The third kappa shape index (κ3) is 5.41. The number of carbonyl (C=O) groups is 3. The molecule has 1 fully saturated rings. The first-order valence-electron chi connectivity index (χ1n) is 6.69. The van der Waals surface area contributed by atoms with Crippen LogP contribution in [0.2, 0.25) is 0 Å². The Morgan fingerprint density at radius 1 is 1.37 bits per heavy atom. The highest BCUT2D eigenvalue weighted by atomic mass is 16.6. The van der Waals surface area contributed by atoms with Crippen LogP contribution >= 0.6 is 0 Å². The Morgan fingerprint density at radius 2 is 2.00 bits per heavy atom. The summed E-state index contributed by atoms with van der Waals surface area (Å²) < 4.78 is 5.23. The largest absolute Gasteiger partial charge is 0.460 e. The Morgan fingerprint density at radius 3 is 2.53 bits per heavy atom. The second-order valence-corrected chi connectivity index (χ2v) is 6.09. The van der Waals surface area contributed by atoms with Crippen molar-refractivity contribution in [2.24, 2.45) is 5.92 Å². The topological polar surface area (TPSA) is 63.7 Å². The van der Waals surface area contributed by atoms with Gasteiger partial charge in [-0.15, -0.1) is 0 Å². The first-order valence-corrected chi connectivity index (χ1v) is 6.69. The van der Waals surface area contributed by atoms with E-state index in [1.54, 1.807) is 25.7 Å². The lowest BCUT2D eigenvalue weighted by Gasteiger charge is -2.31. The second-order valence-electron chi connectivity index (χ2n) is 6.09. The van der Waals surface area contributed by atoms with Gasteiger partial charge >= 0.3 is 5.97 Å². The van der Waals surface area contributed by atoms with Crippen molar-refractivity contribution in [3.8, 4) is 0 Å². The fraction of sp³-hybridized carbons (Fsp3) is 0.786. The van der Waals surface area contributed by atoms with Crippen molar-refractivity contribution in [2.75, 3.05) is 13.1 Å². The predicted octanol–water partition coefficient (Wildman–Crippen LogP) is 1.55. The fourth-order valence-electron chi connectivity index (χ4n) is 2.22. The molecule has 1 atom stereocenters. The summed E-state index contributed by atoms with van der Waals surface area (Å²) in [5, 5.41) is 0. The number of amides is 1. The van der Waals surface area contributed by atoms with Gasteiger partial charge in [0.25, 0.3) is 0 Å². The van der Waals surface area contributed by atoms with E-state index in [4.69, 9.17) is 4.74 Å². The molecule has 1 rings (SSSR count). The highest BCUT2D eigenvalue weighted by Crippen LogP contribution is 2.22. The van der Waals surface area contributed by atoms with E-state index in [0.717, 1.165) is 6.42 Å². The van der Waals surface area contributed by atoms with Crippen molar-refractivity contribution in [3.05, 3.63) is 0 Å². The Labute approximate surface area is 114 Å². The molecule has 0 bridgehead atoms. The van der Waals surface area contributed by atoms with Crippen LogP contribution in [-0.2, 0) is 19.1 Å². The summed E-state index contributed by atoms with van der Waals surface area (Å²) in [4.78, 5) is 36.5. The van der Waals surface area contributed by atoms with Gasteiger partial charge in [-0.1, -0.05) is 0 Å². The van der Waals surface area contributed by atoms with Gasteiger partial charge in [-0.05, 0) is 40.5 Å². The molecule has 0 saturated carbocycles. The molecule has 1 amide bonds. The van der Waals surface area contributed by atoms with Crippen LogP contribution in [0, 0.1) is 5.92 Å². The van der Waals surface area contributed by atoms with E-state index in [2.05, 4.69) is 0 Å². The molecule has 0 spiro atoms. The first-order chi connectivity index (χ1) is 8.69. The number of carbonyl (C=O) groups excluding carboxylic acids is 3. The molecule has 1 heterocycles. The zero-order valence-electron chi connectivity index (χ0n) is 12.2. The number of Topliss-reactive ketones (excluding diaryl/α,β-unsaturated/α-hetero) is 1. The molecule has 108 valence electrons. The summed E-state index contributed by atoms with van der Waals surface area (Å²) in [5.74, 6) is -0.836. The number of ether oxygens (including phenoxy) is 1. The molecule has 19 heavy (non-hydrogen) atoms. The molecule has 1 aliphatic rings. The van der Waals surface area contributed by atoms with Crippen LogP contribution in [0.15, 0.2) is 0 Å². The number of nitrogens with zero attached hydrogens (tertiary/aromatic N) is 1. The molecule has 0 aliphatic carbocycles. The van der Waals surface area contributed by atoms with Gasteiger partial charge in [-0.2, -0.15) is 0 Å². The maximum atomic E-state index is 12.1. The van der Waals surface area contributed by atoms with Gasteiger partial charge in [-0.25, -0.2) is 0 Å². The van der Waals surface area contributed by atoms with Gasteiger partial charge in [-0.3, -0.25) is 14.4 Å². The third-order valence-electron chi connectivity index (χ3n) is 2.89. The zero-order chi connectivity index (χ0) is 14.6. The van der Waals surface area contributed by atoms with Crippen LogP contribution in [0.3, 0.4) is 0 Å². The summed E-state index contributed by atoms with van der Waals surface area (Å²) >= 11 is 0. The smallest absolute Gasteiger partial charge is 0.307 e. The predicted molar refractivity (Wildman–Crippen MR) is 70.4 cm³/mol. The quantitative estimate of drug-likeness (QED) is 0.726. The highest BCUT2D eigenvalue weighted by Gasteiger charge is 2.32. The molecular weight excluding hydrogens is 246 g/mol.